The number of nitrogens with one attached hydrogen (secondary N) is 1. The summed E-state index contributed by atoms with van der Waals surface area (Å²) in [6.45, 7) is 2.44. The summed E-state index contributed by atoms with van der Waals surface area (Å²) in [6, 6.07) is 0.476. The van der Waals surface area contributed by atoms with E-state index < -0.39 is 0 Å². The minimum atomic E-state index is 0. The van der Waals surface area contributed by atoms with Crippen molar-refractivity contribution < 1.29 is 9.53 Å². The third-order valence-corrected chi connectivity index (χ3v) is 3.67. The van der Waals surface area contributed by atoms with Gasteiger partial charge in [-0.3, -0.25) is 4.79 Å². The second kappa shape index (κ2) is 7.19. The van der Waals surface area contributed by atoms with Gasteiger partial charge in [0.15, 0.2) is 0 Å². The summed E-state index contributed by atoms with van der Waals surface area (Å²) in [4.78, 5) is 14.0. The summed E-state index contributed by atoms with van der Waals surface area (Å²) in [7, 11) is 1.94. The van der Waals surface area contributed by atoms with E-state index in [4.69, 9.17) is 4.74 Å². The van der Waals surface area contributed by atoms with Crippen LogP contribution in [0.3, 0.4) is 0 Å². The Bertz CT molecular complexity index is 239. The molecule has 0 spiro atoms. The van der Waals surface area contributed by atoms with Crippen LogP contribution < -0.4 is 5.32 Å². The van der Waals surface area contributed by atoms with E-state index in [0.29, 0.717) is 12.5 Å². The Morgan fingerprint density at radius 1 is 1.41 bits per heavy atom. The smallest absolute Gasteiger partial charge is 0.225 e. The minimum Gasteiger partial charge on any atom is -0.375 e. The van der Waals surface area contributed by atoms with Gasteiger partial charge < -0.3 is 15.0 Å². The van der Waals surface area contributed by atoms with Crippen LogP contribution in [0.15, 0.2) is 0 Å². The van der Waals surface area contributed by atoms with Crippen LogP contribution in [-0.4, -0.2) is 49.7 Å². The van der Waals surface area contributed by atoms with Crippen LogP contribution in [0.1, 0.15) is 32.1 Å². The van der Waals surface area contributed by atoms with Crippen LogP contribution in [0.25, 0.3) is 0 Å². The van der Waals surface area contributed by atoms with E-state index in [9.17, 15) is 4.79 Å². The number of hydrogen-bond donors (Lipinski definition) is 1. The summed E-state index contributed by atoms with van der Waals surface area (Å²) >= 11 is 0. The highest BCUT2D eigenvalue weighted by Crippen LogP contribution is 2.23. The van der Waals surface area contributed by atoms with Crippen molar-refractivity contribution in [3.05, 3.63) is 0 Å². The van der Waals surface area contributed by atoms with E-state index in [1.165, 1.54) is 25.7 Å². The Hall–Kier alpha value is -0.320. The molecular formula is C12H23ClN2O2. The lowest BCUT2D eigenvalue weighted by Gasteiger charge is -2.28. The number of halogens is 1. The predicted octanol–water partition coefficient (Wildman–Crippen LogP) is 1.19. The molecule has 0 aromatic rings. The normalized spacial score (nSPS) is 25.4. The molecular weight excluding hydrogens is 240 g/mol. The molecule has 2 fully saturated rings. The van der Waals surface area contributed by atoms with Crippen molar-refractivity contribution in [2.45, 2.75) is 44.2 Å². The monoisotopic (exact) mass is 262 g/mol. The fraction of sp³-hybridized carbons (Fsp3) is 0.917. The average molecular weight is 263 g/mol. The summed E-state index contributed by atoms with van der Waals surface area (Å²) in [5.74, 6) is 0.237. The molecule has 2 aliphatic rings. The van der Waals surface area contributed by atoms with Crippen LogP contribution in [0.5, 0.6) is 0 Å². The third kappa shape index (κ3) is 4.12. The Morgan fingerprint density at radius 3 is 2.71 bits per heavy atom. The van der Waals surface area contributed by atoms with Crippen LogP contribution in [0, 0.1) is 0 Å². The molecule has 0 radical (unpaired) electrons. The molecule has 0 aromatic heterocycles. The Kier molecular flexibility index (Phi) is 6.23. The molecule has 100 valence electrons. The van der Waals surface area contributed by atoms with Gasteiger partial charge in [0.1, 0.15) is 0 Å². The first-order valence-electron chi connectivity index (χ1n) is 6.35. The van der Waals surface area contributed by atoms with Crippen molar-refractivity contribution in [2.24, 2.45) is 0 Å². The molecule has 1 atom stereocenters. The third-order valence-electron chi connectivity index (χ3n) is 3.67. The number of nitrogens with zero attached hydrogens (tertiary/aromatic N) is 1. The van der Waals surface area contributed by atoms with Gasteiger partial charge in [-0.2, -0.15) is 0 Å². The molecule has 5 heteroatoms. The average Bonchev–Trinajstić information content (AvgIpc) is 2.83. The van der Waals surface area contributed by atoms with Gasteiger partial charge in [-0.25, -0.2) is 0 Å². The van der Waals surface area contributed by atoms with Gasteiger partial charge in [0.2, 0.25) is 5.91 Å². The molecule has 2 rings (SSSR count). The highest BCUT2D eigenvalue weighted by Gasteiger charge is 2.26. The highest BCUT2D eigenvalue weighted by atomic mass is 35.5. The Labute approximate surface area is 109 Å². The molecule has 1 N–H and O–H groups in total. The first kappa shape index (κ1) is 14.7. The van der Waals surface area contributed by atoms with Crippen LogP contribution in [0.4, 0.5) is 0 Å². The van der Waals surface area contributed by atoms with E-state index in [1.807, 2.05) is 11.9 Å². The first-order valence-corrected chi connectivity index (χ1v) is 6.35. The molecule has 1 aliphatic carbocycles. The maximum absolute atomic E-state index is 12.0. The summed E-state index contributed by atoms with van der Waals surface area (Å²) in [5, 5.41) is 3.25. The topological polar surface area (TPSA) is 41.6 Å². The number of morpholine rings is 1. The van der Waals surface area contributed by atoms with Crippen LogP contribution in [0.2, 0.25) is 0 Å². The second-order valence-corrected chi connectivity index (χ2v) is 4.84. The fourth-order valence-electron chi connectivity index (χ4n) is 2.58. The lowest BCUT2D eigenvalue weighted by atomic mass is 10.1. The zero-order valence-electron chi connectivity index (χ0n) is 10.5. The van der Waals surface area contributed by atoms with Gasteiger partial charge in [0.05, 0.1) is 19.1 Å². The molecule has 1 saturated carbocycles. The molecule has 1 saturated heterocycles. The Morgan fingerprint density at radius 2 is 2.12 bits per heavy atom. The van der Waals surface area contributed by atoms with E-state index in [2.05, 4.69) is 5.32 Å². The zero-order chi connectivity index (χ0) is 11.4. The summed E-state index contributed by atoms with van der Waals surface area (Å²) < 4.78 is 5.55. The molecule has 1 amide bonds. The van der Waals surface area contributed by atoms with Crippen molar-refractivity contribution >= 4 is 18.3 Å². The van der Waals surface area contributed by atoms with E-state index >= 15 is 0 Å². The summed E-state index contributed by atoms with van der Waals surface area (Å²) in [6.07, 6.45) is 5.48. The van der Waals surface area contributed by atoms with E-state index in [1.54, 1.807) is 0 Å². The predicted molar refractivity (Wildman–Crippen MR) is 69.5 cm³/mol. The lowest BCUT2D eigenvalue weighted by molar-refractivity contribution is -0.135. The van der Waals surface area contributed by atoms with Crippen LogP contribution >= 0.6 is 12.4 Å². The minimum absolute atomic E-state index is 0. The quantitative estimate of drug-likeness (QED) is 0.831. The fourth-order valence-corrected chi connectivity index (χ4v) is 2.58. The van der Waals surface area contributed by atoms with Gasteiger partial charge >= 0.3 is 0 Å². The van der Waals surface area contributed by atoms with Gasteiger partial charge in [0.25, 0.3) is 0 Å². The second-order valence-electron chi connectivity index (χ2n) is 4.84. The molecule has 1 unspecified atom stereocenters. The molecule has 17 heavy (non-hydrogen) atoms. The molecule has 4 nitrogen and oxygen atoms in total. The maximum Gasteiger partial charge on any atom is 0.225 e. The number of carbonyl (C=O) groups excluding carboxylic acids is 1. The molecule has 0 aromatic carbocycles. The van der Waals surface area contributed by atoms with E-state index in [0.717, 1.165) is 19.7 Å². The summed E-state index contributed by atoms with van der Waals surface area (Å²) in [5.41, 5.74) is 0. The van der Waals surface area contributed by atoms with E-state index in [-0.39, 0.29) is 24.4 Å². The van der Waals surface area contributed by atoms with Gasteiger partial charge in [-0.15, -0.1) is 12.4 Å². The molecule has 0 bridgehead atoms. The Balaban J connectivity index is 0.00000144. The largest absolute Gasteiger partial charge is 0.375 e. The van der Waals surface area contributed by atoms with Gasteiger partial charge in [-0.05, 0) is 12.8 Å². The number of carbonyl (C=O) groups is 1. The number of rotatable bonds is 3. The zero-order valence-corrected chi connectivity index (χ0v) is 11.3. The van der Waals surface area contributed by atoms with Gasteiger partial charge in [0, 0.05) is 26.2 Å². The first-order chi connectivity index (χ1) is 7.77. The van der Waals surface area contributed by atoms with Crippen LogP contribution in [-0.2, 0) is 9.53 Å². The number of hydrogen-bond acceptors (Lipinski definition) is 3. The SMILES string of the molecule is CN(C(=O)CC1CNCCO1)C1CCCC1.Cl. The van der Waals surface area contributed by atoms with Crippen molar-refractivity contribution in [3.63, 3.8) is 0 Å². The van der Waals surface area contributed by atoms with Gasteiger partial charge in [-0.1, -0.05) is 12.8 Å². The van der Waals surface area contributed by atoms with Crippen molar-refractivity contribution in [1.82, 2.24) is 10.2 Å². The molecule has 1 heterocycles. The van der Waals surface area contributed by atoms with Crippen molar-refractivity contribution in [1.29, 1.82) is 0 Å². The van der Waals surface area contributed by atoms with Crippen molar-refractivity contribution in [3.8, 4) is 0 Å². The molecule has 1 aliphatic heterocycles. The van der Waals surface area contributed by atoms with Crippen molar-refractivity contribution in [2.75, 3.05) is 26.7 Å². The maximum atomic E-state index is 12.0. The standard InChI is InChI=1S/C12H22N2O2.ClH/c1-14(10-4-2-3-5-10)12(15)8-11-9-13-6-7-16-11;/h10-11,13H,2-9H2,1H3;1H. The lowest BCUT2D eigenvalue weighted by Crippen LogP contribution is -2.43. The highest BCUT2D eigenvalue weighted by molar-refractivity contribution is 5.85. The number of amides is 1. The number of ether oxygens (including phenoxy) is 1.